The molecule has 0 radical (unpaired) electrons. The third-order valence-corrected chi connectivity index (χ3v) is 5.64. The third-order valence-electron chi connectivity index (χ3n) is 4.89. The normalized spacial score (nSPS) is 16.8. The topological polar surface area (TPSA) is 116 Å². The molecule has 0 aliphatic carbocycles. The fourth-order valence-corrected chi connectivity index (χ4v) is 4.20. The second kappa shape index (κ2) is 11.1. The van der Waals surface area contributed by atoms with E-state index in [1.807, 2.05) is 26.8 Å². The van der Waals surface area contributed by atoms with E-state index in [9.17, 15) is 4.79 Å². The van der Waals surface area contributed by atoms with Gasteiger partial charge in [0.1, 0.15) is 17.3 Å². The highest BCUT2D eigenvalue weighted by Gasteiger charge is 2.23. The molecule has 2 aromatic rings. The predicted molar refractivity (Wildman–Crippen MR) is 120 cm³/mol. The van der Waals surface area contributed by atoms with Crippen molar-refractivity contribution in [2.24, 2.45) is 0 Å². The van der Waals surface area contributed by atoms with Crippen molar-refractivity contribution >= 4 is 28.2 Å². The molecule has 3 heterocycles. The average molecular weight is 444 g/mol. The summed E-state index contributed by atoms with van der Waals surface area (Å²) in [4.78, 5) is 27.9. The number of nitriles is 1. The number of aryl methyl sites for hydroxylation is 1. The molecule has 0 unspecified atom stereocenters. The Morgan fingerprint density at radius 1 is 1.42 bits per heavy atom. The van der Waals surface area contributed by atoms with Crippen molar-refractivity contribution in [1.29, 1.82) is 5.26 Å². The zero-order valence-corrected chi connectivity index (χ0v) is 19.0. The van der Waals surface area contributed by atoms with Crippen LogP contribution in [0.2, 0.25) is 0 Å². The minimum Gasteiger partial charge on any atom is -0.377 e. The van der Waals surface area contributed by atoms with Crippen molar-refractivity contribution in [2.75, 3.05) is 38.1 Å². The maximum Gasteiger partial charge on any atom is 0.270 e. The molecule has 2 N–H and O–H groups in total. The first kappa shape index (κ1) is 23.1. The Morgan fingerprint density at radius 2 is 2.26 bits per heavy atom. The molecule has 9 nitrogen and oxygen atoms in total. The van der Waals surface area contributed by atoms with Gasteiger partial charge in [-0.15, -0.1) is 11.3 Å². The molecule has 10 heteroatoms. The number of thiazole rings is 1. The lowest BCUT2D eigenvalue weighted by Crippen LogP contribution is -2.35. The van der Waals surface area contributed by atoms with Crippen LogP contribution in [0.5, 0.6) is 0 Å². The standard InChI is InChI=1S/C21H29N7O2S/c1-14(2)30-10-7-23-20(29)18-13-31-21(26-18)27-19-11-17(24-15(3)25-19)16-5-4-8-28(12-16)9-6-22/h11,13-14,16H,4-5,7-10,12H2,1-3H3,(H,23,29)(H,24,25,26,27)/t16-/m0/s1. The van der Waals surface area contributed by atoms with Gasteiger partial charge in [-0.3, -0.25) is 9.69 Å². The predicted octanol–water partition coefficient (Wildman–Crippen LogP) is 2.84. The lowest BCUT2D eigenvalue weighted by atomic mass is 9.94. The largest absolute Gasteiger partial charge is 0.377 e. The molecule has 0 bridgehead atoms. The van der Waals surface area contributed by atoms with E-state index in [-0.39, 0.29) is 17.9 Å². The van der Waals surface area contributed by atoms with Crippen LogP contribution in [-0.4, -0.2) is 64.6 Å². The first-order chi connectivity index (χ1) is 14.9. The van der Waals surface area contributed by atoms with Crippen molar-refractivity contribution in [2.45, 2.75) is 45.6 Å². The summed E-state index contributed by atoms with van der Waals surface area (Å²) in [6.07, 6.45) is 2.22. The molecule has 166 valence electrons. The van der Waals surface area contributed by atoms with Gasteiger partial charge in [-0.05, 0) is 40.2 Å². The van der Waals surface area contributed by atoms with Crippen LogP contribution >= 0.6 is 11.3 Å². The monoisotopic (exact) mass is 443 g/mol. The average Bonchev–Trinajstić information content (AvgIpc) is 3.19. The molecule has 0 spiro atoms. The number of amides is 1. The van der Waals surface area contributed by atoms with E-state index in [2.05, 4.69) is 36.6 Å². The molecule has 1 amide bonds. The molecule has 1 fully saturated rings. The number of hydrogen-bond acceptors (Lipinski definition) is 9. The van der Waals surface area contributed by atoms with Gasteiger partial charge in [0, 0.05) is 30.5 Å². The minimum atomic E-state index is -0.226. The van der Waals surface area contributed by atoms with E-state index in [1.54, 1.807) is 5.38 Å². The third kappa shape index (κ3) is 6.95. The van der Waals surface area contributed by atoms with Crippen molar-refractivity contribution in [3.8, 4) is 6.07 Å². The molecular weight excluding hydrogens is 414 g/mol. The summed E-state index contributed by atoms with van der Waals surface area (Å²) in [6.45, 7) is 8.90. The number of nitrogens with one attached hydrogen (secondary N) is 2. The Labute approximate surface area is 186 Å². The van der Waals surface area contributed by atoms with Crippen LogP contribution in [0.25, 0.3) is 0 Å². The number of piperidine rings is 1. The highest BCUT2D eigenvalue weighted by Crippen LogP contribution is 2.28. The van der Waals surface area contributed by atoms with Gasteiger partial charge >= 0.3 is 0 Å². The second-order valence-electron chi connectivity index (χ2n) is 7.80. The first-order valence-corrected chi connectivity index (χ1v) is 11.4. The van der Waals surface area contributed by atoms with Crippen LogP contribution in [0.15, 0.2) is 11.4 Å². The van der Waals surface area contributed by atoms with Crippen LogP contribution < -0.4 is 10.6 Å². The summed E-state index contributed by atoms with van der Waals surface area (Å²) < 4.78 is 5.43. The van der Waals surface area contributed by atoms with Gasteiger partial charge in [-0.25, -0.2) is 15.0 Å². The van der Waals surface area contributed by atoms with E-state index in [0.29, 0.717) is 42.2 Å². The minimum absolute atomic E-state index is 0.135. The van der Waals surface area contributed by atoms with Gasteiger partial charge in [0.2, 0.25) is 0 Å². The summed E-state index contributed by atoms with van der Waals surface area (Å²) in [5, 5.41) is 17.3. The summed E-state index contributed by atoms with van der Waals surface area (Å²) in [5.74, 6) is 1.38. The second-order valence-corrected chi connectivity index (χ2v) is 8.65. The fourth-order valence-electron chi connectivity index (χ4n) is 3.50. The van der Waals surface area contributed by atoms with E-state index in [1.165, 1.54) is 11.3 Å². The van der Waals surface area contributed by atoms with Crippen molar-refractivity contribution < 1.29 is 9.53 Å². The van der Waals surface area contributed by atoms with E-state index in [4.69, 9.17) is 10.00 Å². The smallest absolute Gasteiger partial charge is 0.270 e. The zero-order chi connectivity index (χ0) is 22.2. The number of likely N-dealkylation sites (tertiary alicyclic amines) is 1. The lowest BCUT2D eigenvalue weighted by Gasteiger charge is -2.30. The Hall–Kier alpha value is -2.61. The lowest BCUT2D eigenvalue weighted by molar-refractivity contribution is 0.0745. The Kier molecular flexibility index (Phi) is 8.28. The van der Waals surface area contributed by atoms with Crippen LogP contribution in [0.3, 0.4) is 0 Å². The number of rotatable bonds is 9. The number of carbonyl (C=O) groups is 1. The SMILES string of the molecule is Cc1nc(Nc2nc(C(=O)NCCOC(C)C)cs2)cc([C@H]2CCCN(CC#N)C2)n1. The highest BCUT2D eigenvalue weighted by atomic mass is 32.1. The van der Waals surface area contributed by atoms with Gasteiger partial charge < -0.3 is 15.4 Å². The van der Waals surface area contributed by atoms with Crippen LogP contribution in [0, 0.1) is 18.3 Å². The zero-order valence-electron chi connectivity index (χ0n) is 18.2. The molecule has 0 aromatic carbocycles. The number of anilines is 2. The molecule has 1 aliphatic heterocycles. The van der Waals surface area contributed by atoms with Crippen LogP contribution in [-0.2, 0) is 4.74 Å². The van der Waals surface area contributed by atoms with Gasteiger partial charge in [0.25, 0.3) is 5.91 Å². The molecule has 2 aromatic heterocycles. The summed E-state index contributed by atoms with van der Waals surface area (Å²) in [5.41, 5.74) is 1.33. The number of aromatic nitrogens is 3. The quantitative estimate of drug-likeness (QED) is 0.449. The number of nitrogens with zero attached hydrogens (tertiary/aromatic N) is 5. The van der Waals surface area contributed by atoms with Crippen LogP contribution in [0.1, 0.15) is 54.6 Å². The van der Waals surface area contributed by atoms with Gasteiger partial charge in [-0.2, -0.15) is 5.26 Å². The van der Waals surface area contributed by atoms with E-state index in [0.717, 1.165) is 31.6 Å². The summed E-state index contributed by atoms with van der Waals surface area (Å²) in [6, 6.07) is 4.17. The number of ether oxygens (including phenoxy) is 1. The Balaban J connectivity index is 1.62. The van der Waals surface area contributed by atoms with E-state index < -0.39 is 0 Å². The molecule has 31 heavy (non-hydrogen) atoms. The van der Waals surface area contributed by atoms with Crippen LogP contribution in [0.4, 0.5) is 10.9 Å². The summed E-state index contributed by atoms with van der Waals surface area (Å²) in [7, 11) is 0. The number of carbonyl (C=O) groups excluding carboxylic acids is 1. The Morgan fingerprint density at radius 3 is 3.03 bits per heavy atom. The fraction of sp³-hybridized carbons (Fsp3) is 0.571. The van der Waals surface area contributed by atoms with Crippen molar-refractivity contribution in [3.63, 3.8) is 0 Å². The first-order valence-electron chi connectivity index (χ1n) is 10.5. The molecule has 1 aliphatic rings. The summed E-state index contributed by atoms with van der Waals surface area (Å²) >= 11 is 1.35. The maximum absolute atomic E-state index is 12.3. The number of hydrogen-bond donors (Lipinski definition) is 2. The van der Waals surface area contributed by atoms with Crippen molar-refractivity contribution in [1.82, 2.24) is 25.2 Å². The molecule has 1 atom stereocenters. The van der Waals surface area contributed by atoms with Gasteiger partial charge in [-0.1, -0.05) is 0 Å². The van der Waals surface area contributed by atoms with E-state index >= 15 is 0 Å². The van der Waals surface area contributed by atoms with Gasteiger partial charge in [0.05, 0.1) is 31.0 Å². The molecular formula is C21H29N7O2S. The van der Waals surface area contributed by atoms with Gasteiger partial charge in [0.15, 0.2) is 5.13 Å². The molecule has 1 saturated heterocycles. The molecule has 3 rings (SSSR count). The Bertz CT molecular complexity index is 925. The van der Waals surface area contributed by atoms with Crippen molar-refractivity contribution in [3.05, 3.63) is 28.7 Å². The maximum atomic E-state index is 12.3. The molecule has 0 saturated carbocycles. The highest BCUT2D eigenvalue weighted by molar-refractivity contribution is 7.14.